The van der Waals surface area contributed by atoms with Crippen LogP contribution in [-0.4, -0.2) is 34.5 Å². The molecular weight excluding hydrogens is 218 g/mol. The number of hydrogen-bond acceptors (Lipinski definition) is 2. The van der Waals surface area contributed by atoms with E-state index in [-0.39, 0.29) is 18.4 Å². The fourth-order valence-corrected chi connectivity index (χ4v) is 3.21. The third kappa shape index (κ3) is 2.31. The Hall–Kier alpha value is -1.06. The Labute approximate surface area is 102 Å². The minimum atomic E-state index is -0.836. The van der Waals surface area contributed by atoms with Crippen LogP contribution in [0.15, 0.2) is 0 Å². The van der Waals surface area contributed by atoms with Gasteiger partial charge in [0.2, 0.25) is 5.91 Å². The number of likely N-dealkylation sites (tertiary alicyclic amines) is 1. The molecule has 2 rings (SSSR count). The van der Waals surface area contributed by atoms with Crippen molar-refractivity contribution >= 4 is 11.9 Å². The highest BCUT2D eigenvalue weighted by Crippen LogP contribution is 2.35. The van der Waals surface area contributed by atoms with Crippen molar-refractivity contribution in [2.45, 2.75) is 45.6 Å². The van der Waals surface area contributed by atoms with Crippen molar-refractivity contribution in [3.8, 4) is 0 Å². The lowest BCUT2D eigenvalue weighted by Gasteiger charge is -2.39. The van der Waals surface area contributed by atoms with Crippen LogP contribution in [0.3, 0.4) is 0 Å². The van der Waals surface area contributed by atoms with Crippen molar-refractivity contribution in [3.63, 3.8) is 0 Å². The molecule has 2 aliphatic rings. The Bertz CT molecular complexity index is 329. The topological polar surface area (TPSA) is 57.6 Å². The molecule has 17 heavy (non-hydrogen) atoms. The molecule has 0 unspecified atom stereocenters. The number of carbonyl (C=O) groups is 2. The van der Waals surface area contributed by atoms with E-state index in [0.717, 1.165) is 12.8 Å². The van der Waals surface area contributed by atoms with Gasteiger partial charge in [-0.15, -0.1) is 0 Å². The SMILES string of the molecule is C[C@@H]1[C@H](C)CCC[C@H]1N1C[C@H](C(=O)O)CC1=O. The lowest BCUT2D eigenvalue weighted by atomic mass is 9.77. The molecule has 2 fully saturated rings. The first-order valence-electron chi connectivity index (χ1n) is 6.53. The Kier molecular flexibility index (Phi) is 3.40. The second-order valence-electron chi connectivity index (χ2n) is 5.62. The number of rotatable bonds is 2. The standard InChI is InChI=1S/C13H21NO3/c1-8-4-3-5-11(9(8)2)14-7-10(13(16)17)6-12(14)15/h8-11H,3-7H2,1-2H3,(H,16,17)/t8-,9-,10-,11-/m1/s1. The minimum absolute atomic E-state index is 0.0309. The molecular formula is C13H21NO3. The highest BCUT2D eigenvalue weighted by Gasteiger charge is 2.41. The Morgan fingerprint density at radius 3 is 2.65 bits per heavy atom. The maximum absolute atomic E-state index is 11.9. The summed E-state index contributed by atoms with van der Waals surface area (Å²) in [4.78, 5) is 24.7. The normalized spacial score (nSPS) is 38.5. The molecule has 4 nitrogen and oxygen atoms in total. The molecule has 1 heterocycles. The quantitative estimate of drug-likeness (QED) is 0.798. The smallest absolute Gasteiger partial charge is 0.308 e. The van der Waals surface area contributed by atoms with Gasteiger partial charge < -0.3 is 10.0 Å². The van der Waals surface area contributed by atoms with Crippen LogP contribution in [0.5, 0.6) is 0 Å². The Balaban J connectivity index is 2.07. The molecule has 1 amide bonds. The highest BCUT2D eigenvalue weighted by molar-refractivity contribution is 5.86. The average Bonchev–Trinajstić information content (AvgIpc) is 2.65. The average molecular weight is 239 g/mol. The number of carboxylic acid groups (broad SMARTS) is 1. The van der Waals surface area contributed by atoms with Gasteiger partial charge in [0.15, 0.2) is 0 Å². The predicted octanol–water partition coefficient (Wildman–Crippen LogP) is 1.74. The van der Waals surface area contributed by atoms with Crippen molar-refractivity contribution in [1.29, 1.82) is 0 Å². The number of amides is 1. The van der Waals surface area contributed by atoms with Crippen LogP contribution in [0.2, 0.25) is 0 Å². The minimum Gasteiger partial charge on any atom is -0.481 e. The van der Waals surface area contributed by atoms with Gasteiger partial charge in [-0.25, -0.2) is 0 Å². The molecule has 1 aliphatic carbocycles. The number of nitrogens with zero attached hydrogens (tertiary/aromatic N) is 1. The van der Waals surface area contributed by atoms with Gasteiger partial charge in [-0.3, -0.25) is 9.59 Å². The maximum atomic E-state index is 11.9. The molecule has 1 N–H and O–H groups in total. The summed E-state index contributed by atoms with van der Waals surface area (Å²) in [7, 11) is 0. The first kappa shape index (κ1) is 12.4. The van der Waals surface area contributed by atoms with E-state index in [9.17, 15) is 9.59 Å². The van der Waals surface area contributed by atoms with Crippen LogP contribution in [-0.2, 0) is 9.59 Å². The van der Waals surface area contributed by atoms with E-state index in [1.807, 2.05) is 4.90 Å². The van der Waals surface area contributed by atoms with Gasteiger partial charge in [0, 0.05) is 19.0 Å². The second kappa shape index (κ2) is 4.67. The van der Waals surface area contributed by atoms with Gasteiger partial charge in [0.1, 0.15) is 0 Å². The van der Waals surface area contributed by atoms with Gasteiger partial charge in [0.05, 0.1) is 5.92 Å². The largest absolute Gasteiger partial charge is 0.481 e. The molecule has 4 atom stereocenters. The first-order valence-corrected chi connectivity index (χ1v) is 6.53. The van der Waals surface area contributed by atoms with E-state index in [4.69, 9.17) is 5.11 Å². The van der Waals surface area contributed by atoms with E-state index < -0.39 is 11.9 Å². The van der Waals surface area contributed by atoms with Gasteiger partial charge in [-0.05, 0) is 18.3 Å². The second-order valence-corrected chi connectivity index (χ2v) is 5.62. The molecule has 0 radical (unpaired) electrons. The van der Waals surface area contributed by atoms with Crippen molar-refractivity contribution in [3.05, 3.63) is 0 Å². The molecule has 0 bridgehead atoms. The summed E-state index contributed by atoms with van der Waals surface area (Å²) in [6.07, 6.45) is 3.59. The predicted molar refractivity (Wildman–Crippen MR) is 63.4 cm³/mol. The van der Waals surface area contributed by atoms with Crippen LogP contribution in [0, 0.1) is 17.8 Å². The number of hydrogen-bond donors (Lipinski definition) is 1. The number of aliphatic carboxylic acids is 1. The highest BCUT2D eigenvalue weighted by atomic mass is 16.4. The van der Waals surface area contributed by atoms with E-state index in [1.54, 1.807) is 0 Å². The van der Waals surface area contributed by atoms with Crippen molar-refractivity contribution < 1.29 is 14.7 Å². The zero-order valence-electron chi connectivity index (χ0n) is 10.6. The Morgan fingerprint density at radius 2 is 2.06 bits per heavy atom. The zero-order valence-corrected chi connectivity index (χ0v) is 10.6. The fraction of sp³-hybridized carbons (Fsp3) is 0.846. The molecule has 4 heteroatoms. The van der Waals surface area contributed by atoms with Gasteiger partial charge >= 0.3 is 5.97 Å². The van der Waals surface area contributed by atoms with E-state index in [2.05, 4.69) is 13.8 Å². The summed E-state index contributed by atoms with van der Waals surface area (Å²) in [5.74, 6) is -0.182. The molecule has 0 aromatic carbocycles. The summed E-state index contributed by atoms with van der Waals surface area (Å²) in [6.45, 7) is 4.83. The van der Waals surface area contributed by atoms with Crippen molar-refractivity contribution in [2.24, 2.45) is 17.8 Å². The van der Waals surface area contributed by atoms with Gasteiger partial charge in [0.25, 0.3) is 0 Å². The number of carboxylic acids is 1. The van der Waals surface area contributed by atoms with Crippen LogP contribution in [0.1, 0.15) is 39.5 Å². The molecule has 1 saturated heterocycles. The van der Waals surface area contributed by atoms with E-state index in [1.165, 1.54) is 6.42 Å². The summed E-state index contributed by atoms with van der Waals surface area (Å²) in [6, 6.07) is 0.260. The number of carbonyl (C=O) groups excluding carboxylic acids is 1. The van der Waals surface area contributed by atoms with Crippen molar-refractivity contribution in [1.82, 2.24) is 4.90 Å². The van der Waals surface area contributed by atoms with Crippen LogP contribution < -0.4 is 0 Å². The van der Waals surface area contributed by atoms with Crippen molar-refractivity contribution in [2.75, 3.05) is 6.54 Å². The monoisotopic (exact) mass is 239 g/mol. The molecule has 0 spiro atoms. The maximum Gasteiger partial charge on any atom is 0.308 e. The Morgan fingerprint density at radius 1 is 1.35 bits per heavy atom. The van der Waals surface area contributed by atoms with Crippen LogP contribution in [0.4, 0.5) is 0 Å². The zero-order chi connectivity index (χ0) is 12.6. The summed E-state index contributed by atoms with van der Waals surface area (Å²) in [5.41, 5.74) is 0. The molecule has 1 saturated carbocycles. The summed E-state index contributed by atoms with van der Waals surface area (Å²) >= 11 is 0. The molecule has 0 aromatic heterocycles. The van der Waals surface area contributed by atoms with Crippen LogP contribution >= 0.6 is 0 Å². The van der Waals surface area contributed by atoms with Crippen LogP contribution in [0.25, 0.3) is 0 Å². The molecule has 1 aliphatic heterocycles. The molecule has 0 aromatic rings. The van der Waals surface area contributed by atoms with Gasteiger partial charge in [-0.2, -0.15) is 0 Å². The lowest BCUT2D eigenvalue weighted by molar-refractivity contribution is -0.141. The fourth-order valence-electron chi connectivity index (χ4n) is 3.21. The summed E-state index contributed by atoms with van der Waals surface area (Å²) in [5, 5.41) is 8.99. The molecule has 96 valence electrons. The van der Waals surface area contributed by atoms with E-state index in [0.29, 0.717) is 18.4 Å². The van der Waals surface area contributed by atoms with E-state index >= 15 is 0 Å². The van der Waals surface area contributed by atoms with Gasteiger partial charge in [-0.1, -0.05) is 26.7 Å². The first-order chi connectivity index (χ1) is 8.00. The third-order valence-corrected chi connectivity index (χ3v) is 4.57. The third-order valence-electron chi connectivity index (χ3n) is 4.57. The lowest BCUT2D eigenvalue weighted by Crippen LogP contribution is -2.45. The summed E-state index contributed by atoms with van der Waals surface area (Å²) < 4.78 is 0.